The highest BCUT2D eigenvalue weighted by molar-refractivity contribution is 6.02. The lowest BCUT2D eigenvalue weighted by Gasteiger charge is -2.05. The molecule has 0 atom stereocenters. The van der Waals surface area contributed by atoms with Crippen molar-refractivity contribution in [3.05, 3.63) is 59.4 Å². The van der Waals surface area contributed by atoms with Crippen LogP contribution in [-0.2, 0) is 0 Å². The molecular weight excluding hydrogens is 254 g/mol. The molecule has 0 aliphatic heterocycles. The molecular formula is C16H15NO3. The van der Waals surface area contributed by atoms with Gasteiger partial charge in [-0.2, -0.15) is 0 Å². The lowest BCUT2D eigenvalue weighted by atomic mass is 10.00. The van der Waals surface area contributed by atoms with Gasteiger partial charge in [-0.15, -0.1) is 0 Å². The van der Waals surface area contributed by atoms with Crippen LogP contribution in [0.4, 0.5) is 0 Å². The number of aromatic nitrogens is 1. The Hall–Kier alpha value is -2.49. The number of nitrogens with zero attached hydrogens (tertiary/aromatic N) is 1. The Bertz CT molecular complexity index is 592. The largest absolute Gasteiger partial charge is 0.506 e. The molecule has 0 saturated heterocycles. The minimum Gasteiger partial charge on any atom is -0.506 e. The summed E-state index contributed by atoms with van der Waals surface area (Å²) >= 11 is 0. The topological polar surface area (TPSA) is 67.3 Å². The molecule has 4 heteroatoms. The molecule has 1 aromatic carbocycles. The molecule has 0 unspecified atom stereocenters. The maximum atomic E-state index is 12.1. The van der Waals surface area contributed by atoms with E-state index in [1.54, 1.807) is 18.2 Å². The van der Waals surface area contributed by atoms with Gasteiger partial charge in [0, 0.05) is 24.6 Å². The second-order valence-electron chi connectivity index (χ2n) is 4.53. The SMILES string of the molecule is Cc1ccccc1C(=O)CCC(=O)c1ncccc1O. The maximum Gasteiger partial charge on any atom is 0.185 e. The fourth-order valence-electron chi connectivity index (χ4n) is 1.98. The summed E-state index contributed by atoms with van der Waals surface area (Å²) in [5, 5.41) is 9.54. The predicted molar refractivity (Wildman–Crippen MR) is 75.0 cm³/mol. The van der Waals surface area contributed by atoms with Crippen LogP contribution in [0.15, 0.2) is 42.6 Å². The van der Waals surface area contributed by atoms with Crippen LogP contribution in [0.1, 0.15) is 39.3 Å². The second-order valence-corrected chi connectivity index (χ2v) is 4.53. The minimum absolute atomic E-state index is 0.0186. The van der Waals surface area contributed by atoms with Crippen LogP contribution < -0.4 is 0 Å². The Kier molecular flexibility index (Phi) is 4.25. The summed E-state index contributed by atoms with van der Waals surface area (Å²) in [6.45, 7) is 1.86. The molecule has 1 N–H and O–H groups in total. The fraction of sp³-hybridized carbons (Fsp3) is 0.188. The number of benzene rings is 1. The number of aryl methyl sites for hydroxylation is 1. The highest BCUT2D eigenvalue weighted by Crippen LogP contribution is 2.17. The molecule has 0 fully saturated rings. The normalized spacial score (nSPS) is 10.2. The number of pyridine rings is 1. The quantitative estimate of drug-likeness (QED) is 0.847. The smallest absolute Gasteiger partial charge is 0.185 e. The number of aromatic hydroxyl groups is 1. The van der Waals surface area contributed by atoms with E-state index in [4.69, 9.17) is 0 Å². The van der Waals surface area contributed by atoms with Crippen molar-refractivity contribution < 1.29 is 14.7 Å². The van der Waals surface area contributed by atoms with Crippen LogP contribution in [0.3, 0.4) is 0 Å². The Morgan fingerprint density at radius 2 is 1.75 bits per heavy atom. The van der Waals surface area contributed by atoms with Crippen molar-refractivity contribution in [1.29, 1.82) is 0 Å². The molecule has 102 valence electrons. The van der Waals surface area contributed by atoms with Crippen molar-refractivity contribution in [3.8, 4) is 5.75 Å². The van der Waals surface area contributed by atoms with E-state index in [0.717, 1.165) is 5.56 Å². The number of carbonyl (C=O) groups is 2. The van der Waals surface area contributed by atoms with Crippen molar-refractivity contribution in [2.75, 3.05) is 0 Å². The Morgan fingerprint density at radius 1 is 1.05 bits per heavy atom. The van der Waals surface area contributed by atoms with E-state index in [1.165, 1.54) is 12.3 Å². The van der Waals surface area contributed by atoms with Gasteiger partial charge >= 0.3 is 0 Å². The lowest BCUT2D eigenvalue weighted by Crippen LogP contribution is -2.08. The number of Topliss-reactive ketones (excluding diaryl/α,β-unsaturated/α-hetero) is 2. The van der Waals surface area contributed by atoms with Crippen molar-refractivity contribution in [2.45, 2.75) is 19.8 Å². The van der Waals surface area contributed by atoms with Crippen molar-refractivity contribution in [3.63, 3.8) is 0 Å². The summed E-state index contributed by atoms with van der Waals surface area (Å²) in [5.74, 6) is -0.558. The number of rotatable bonds is 5. The third-order valence-electron chi connectivity index (χ3n) is 3.08. The van der Waals surface area contributed by atoms with Gasteiger partial charge in [0.1, 0.15) is 11.4 Å². The fourth-order valence-corrected chi connectivity index (χ4v) is 1.98. The molecule has 0 saturated carbocycles. The molecule has 0 bridgehead atoms. The first-order valence-corrected chi connectivity index (χ1v) is 6.35. The molecule has 20 heavy (non-hydrogen) atoms. The number of carbonyl (C=O) groups excluding carboxylic acids is 2. The Labute approximate surface area is 117 Å². The van der Waals surface area contributed by atoms with Crippen molar-refractivity contribution in [1.82, 2.24) is 4.98 Å². The standard InChI is InChI=1S/C16H15NO3/c1-11-5-2-3-6-12(11)13(18)8-9-15(20)16-14(19)7-4-10-17-16/h2-7,10,19H,8-9H2,1H3. The Morgan fingerprint density at radius 3 is 2.45 bits per heavy atom. The van der Waals surface area contributed by atoms with Crippen LogP contribution in [0.25, 0.3) is 0 Å². The first-order valence-electron chi connectivity index (χ1n) is 6.35. The van der Waals surface area contributed by atoms with Gasteiger partial charge in [-0.3, -0.25) is 9.59 Å². The molecule has 2 aromatic rings. The summed E-state index contributed by atoms with van der Waals surface area (Å²) in [7, 11) is 0. The second kappa shape index (κ2) is 6.10. The van der Waals surface area contributed by atoms with Crippen LogP contribution in [0, 0.1) is 6.92 Å². The molecule has 2 rings (SSSR count). The van der Waals surface area contributed by atoms with Crippen LogP contribution in [-0.4, -0.2) is 21.7 Å². The van der Waals surface area contributed by atoms with Gasteiger partial charge in [0.15, 0.2) is 11.6 Å². The molecule has 0 spiro atoms. The van der Waals surface area contributed by atoms with Crippen LogP contribution in [0.2, 0.25) is 0 Å². The highest BCUT2D eigenvalue weighted by Gasteiger charge is 2.15. The predicted octanol–water partition coefficient (Wildman–Crippen LogP) is 2.94. The number of hydrogen-bond acceptors (Lipinski definition) is 4. The van der Waals surface area contributed by atoms with E-state index in [2.05, 4.69) is 4.98 Å². The van der Waals surface area contributed by atoms with Gasteiger partial charge in [-0.1, -0.05) is 24.3 Å². The molecule has 0 amide bonds. The van der Waals surface area contributed by atoms with Gasteiger partial charge in [0.25, 0.3) is 0 Å². The molecule has 4 nitrogen and oxygen atoms in total. The number of ketones is 2. The van der Waals surface area contributed by atoms with E-state index in [0.29, 0.717) is 5.56 Å². The van der Waals surface area contributed by atoms with Gasteiger partial charge in [0.05, 0.1) is 0 Å². The van der Waals surface area contributed by atoms with Crippen LogP contribution in [0.5, 0.6) is 5.75 Å². The highest BCUT2D eigenvalue weighted by atomic mass is 16.3. The van der Waals surface area contributed by atoms with Crippen molar-refractivity contribution >= 4 is 11.6 Å². The zero-order valence-electron chi connectivity index (χ0n) is 11.2. The minimum atomic E-state index is -0.329. The monoisotopic (exact) mass is 269 g/mol. The summed E-state index contributed by atoms with van der Waals surface area (Å²) in [6.07, 6.45) is 1.59. The average Bonchev–Trinajstić information content (AvgIpc) is 2.45. The summed E-state index contributed by atoms with van der Waals surface area (Å²) in [6, 6.07) is 10.2. The summed E-state index contributed by atoms with van der Waals surface area (Å²) < 4.78 is 0. The van der Waals surface area contributed by atoms with E-state index < -0.39 is 0 Å². The maximum absolute atomic E-state index is 12.1. The summed E-state index contributed by atoms with van der Waals surface area (Å²) in [5.41, 5.74) is 1.54. The van der Waals surface area contributed by atoms with Gasteiger partial charge in [-0.05, 0) is 24.6 Å². The van der Waals surface area contributed by atoms with Gasteiger partial charge < -0.3 is 5.11 Å². The average molecular weight is 269 g/mol. The van der Waals surface area contributed by atoms with E-state index >= 15 is 0 Å². The number of hydrogen-bond donors (Lipinski definition) is 1. The Balaban J connectivity index is 2.03. The van der Waals surface area contributed by atoms with Crippen molar-refractivity contribution in [2.24, 2.45) is 0 Å². The zero-order chi connectivity index (χ0) is 14.5. The molecule has 0 aliphatic rings. The lowest BCUT2D eigenvalue weighted by molar-refractivity contribution is 0.0913. The van der Waals surface area contributed by atoms with Crippen LogP contribution >= 0.6 is 0 Å². The van der Waals surface area contributed by atoms with E-state index in [9.17, 15) is 14.7 Å². The van der Waals surface area contributed by atoms with E-state index in [1.807, 2.05) is 19.1 Å². The summed E-state index contributed by atoms with van der Waals surface area (Å²) in [4.78, 5) is 27.8. The molecule has 1 heterocycles. The van der Waals surface area contributed by atoms with Gasteiger partial charge in [-0.25, -0.2) is 4.98 Å². The third kappa shape index (κ3) is 3.09. The van der Waals surface area contributed by atoms with Gasteiger partial charge in [0.2, 0.25) is 0 Å². The first-order chi connectivity index (χ1) is 9.59. The molecule has 1 aromatic heterocycles. The third-order valence-corrected chi connectivity index (χ3v) is 3.08. The zero-order valence-corrected chi connectivity index (χ0v) is 11.2. The van der Waals surface area contributed by atoms with E-state index in [-0.39, 0.29) is 35.9 Å². The first kappa shape index (κ1) is 13.9. The molecule has 0 aliphatic carbocycles. The molecule has 0 radical (unpaired) electrons.